The van der Waals surface area contributed by atoms with Gasteiger partial charge in [-0.3, -0.25) is 24.0 Å². The molecule has 0 aromatic heterocycles. The van der Waals surface area contributed by atoms with Crippen molar-refractivity contribution in [1.82, 2.24) is 0 Å². The summed E-state index contributed by atoms with van der Waals surface area (Å²) in [4.78, 5) is 63.8. The number of esters is 4. The van der Waals surface area contributed by atoms with Crippen LogP contribution in [0.2, 0.25) is 0 Å². The number of aryl methyl sites for hydroxylation is 4. The third kappa shape index (κ3) is 12.9. The van der Waals surface area contributed by atoms with Gasteiger partial charge in [-0.2, -0.15) is 0 Å². The largest absolute Gasteiger partial charge is 0.462 e. The number of carbonyl (C=O) groups excluding carboxylic acids is 5. The summed E-state index contributed by atoms with van der Waals surface area (Å²) in [5.74, 6) is -2.07. The van der Waals surface area contributed by atoms with Crippen LogP contribution in [0.25, 0.3) is 0 Å². The Balaban J connectivity index is 1.01. The maximum Gasteiger partial charge on any atom is 0.314 e. The van der Waals surface area contributed by atoms with Crippen molar-refractivity contribution in [3.05, 3.63) is 94.5 Å². The highest BCUT2D eigenvalue weighted by atomic mass is 16.6. The maximum absolute atomic E-state index is 13.1. The Morgan fingerprint density at radius 2 is 0.927 bits per heavy atom. The zero-order chi connectivity index (χ0) is 39.2. The number of hydrogen-bond donors (Lipinski definition) is 0. The van der Waals surface area contributed by atoms with Gasteiger partial charge in [-0.1, -0.05) is 75.2 Å². The second kappa shape index (κ2) is 20.8. The molecule has 0 atom stereocenters. The van der Waals surface area contributed by atoms with Gasteiger partial charge in [-0.15, -0.1) is 0 Å². The van der Waals surface area contributed by atoms with Crippen LogP contribution in [0.15, 0.2) is 66.7 Å². The predicted octanol–water partition coefficient (Wildman–Crippen LogP) is 9.07. The molecule has 5 rings (SSSR count). The fraction of sp³-hybridized carbons (Fsp3) is 0.500. The molecule has 2 fully saturated rings. The summed E-state index contributed by atoms with van der Waals surface area (Å²) in [5, 5.41) is 0. The highest BCUT2D eigenvalue weighted by Crippen LogP contribution is 2.32. The van der Waals surface area contributed by atoms with Crippen molar-refractivity contribution in [2.24, 2.45) is 11.8 Å². The van der Waals surface area contributed by atoms with Gasteiger partial charge >= 0.3 is 23.9 Å². The molecule has 0 bridgehead atoms. The minimum Gasteiger partial charge on any atom is -0.462 e. The summed E-state index contributed by atoms with van der Waals surface area (Å²) in [7, 11) is 0. The van der Waals surface area contributed by atoms with Gasteiger partial charge in [0.05, 0.1) is 17.4 Å². The third-order valence-electron chi connectivity index (χ3n) is 10.7. The van der Waals surface area contributed by atoms with Crippen molar-refractivity contribution in [1.29, 1.82) is 0 Å². The van der Waals surface area contributed by atoms with E-state index in [0.29, 0.717) is 77.0 Å². The number of Topliss-reactive ketones (excluding diaryl/α,β-unsaturated/α-hetero) is 1. The van der Waals surface area contributed by atoms with Crippen LogP contribution in [-0.2, 0) is 54.3 Å². The SMILES string of the molecule is CCCc1ccc(CCC(=O)OC2CCC(C(=O)Oc3ccc(OC(=O)C4CCC(OC(=O)CCc5ccc(CCC)cc5)CC4)c(C(C)=O)c3)CC2)cc1. The average Bonchev–Trinajstić information content (AvgIpc) is 3.18. The maximum atomic E-state index is 13.1. The highest BCUT2D eigenvalue weighted by molar-refractivity contribution is 5.98. The minimum atomic E-state index is -0.443. The normalized spacial score (nSPS) is 19.5. The van der Waals surface area contributed by atoms with Crippen molar-refractivity contribution < 1.29 is 42.9 Å². The number of rotatable bonds is 17. The number of ketones is 1. The van der Waals surface area contributed by atoms with Gasteiger partial charge < -0.3 is 18.9 Å². The molecule has 0 unspecified atom stereocenters. The molecule has 0 spiro atoms. The first-order valence-corrected chi connectivity index (χ1v) is 20.2. The number of ether oxygens (including phenoxy) is 4. The molecule has 0 aliphatic heterocycles. The Hall–Kier alpha value is -4.79. The Kier molecular flexibility index (Phi) is 15.6. The summed E-state index contributed by atoms with van der Waals surface area (Å²) >= 11 is 0. The molecule has 0 N–H and O–H groups in total. The molecule has 9 heteroatoms. The van der Waals surface area contributed by atoms with Gasteiger partial charge in [-0.25, -0.2) is 0 Å². The zero-order valence-corrected chi connectivity index (χ0v) is 32.6. The van der Waals surface area contributed by atoms with Crippen molar-refractivity contribution in [2.75, 3.05) is 0 Å². The van der Waals surface area contributed by atoms with E-state index in [4.69, 9.17) is 18.9 Å². The van der Waals surface area contributed by atoms with E-state index in [2.05, 4.69) is 62.4 Å². The third-order valence-corrected chi connectivity index (χ3v) is 10.7. The Labute approximate surface area is 325 Å². The summed E-state index contributed by atoms with van der Waals surface area (Å²) in [6.45, 7) is 5.67. The molecule has 294 valence electrons. The quantitative estimate of drug-likeness (QED) is 0.0755. The summed E-state index contributed by atoms with van der Waals surface area (Å²) < 4.78 is 22.8. The highest BCUT2D eigenvalue weighted by Gasteiger charge is 2.32. The lowest BCUT2D eigenvalue weighted by atomic mass is 9.87. The second-order valence-electron chi connectivity index (χ2n) is 15.1. The van der Waals surface area contributed by atoms with Crippen molar-refractivity contribution in [3.63, 3.8) is 0 Å². The zero-order valence-electron chi connectivity index (χ0n) is 32.6. The van der Waals surface area contributed by atoms with Gasteiger partial charge in [0.25, 0.3) is 0 Å². The molecule has 3 aromatic carbocycles. The van der Waals surface area contributed by atoms with E-state index in [-0.39, 0.29) is 58.8 Å². The molecule has 2 aliphatic carbocycles. The van der Waals surface area contributed by atoms with E-state index < -0.39 is 11.9 Å². The van der Waals surface area contributed by atoms with E-state index >= 15 is 0 Å². The van der Waals surface area contributed by atoms with Gasteiger partial charge in [0.2, 0.25) is 0 Å². The first kappa shape index (κ1) is 41.4. The van der Waals surface area contributed by atoms with Gasteiger partial charge in [-0.05, 0) is 124 Å². The number of benzene rings is 3. The van der Waals surface area contributed by atoms with Crippen molar-refractivity contribution >= 4 is 29.7 Å². The summed E-state index contributed by atoms with van der Waals surface area (Å²) in [6.07, 6.45) is 10.0. The van der Waals surface area contributed by atoms with Crippen molar-refractivity contribution in [3.8, 4) is 11.5 Å². The van der Waals surface area contributed by atoms with E-state index in [1.165, 1.54) is 36.2 Å². The monoisotopic (exact) mass is 752 g/mol. The predicted molar refractivity (Wildman–Crippen MR) is 209 cm³/mol. The van der Waals surface area contributed by atoms with Gasteiger partial charge in [0.1, 0.15) is 23.7 Å². The molecule has 0 amide bonds. The molecule has 2 saturated carbocycles. The van der Waals surface area contributed by atoms with Crippen LogP contribution in [0.4, 0.5) is 0 Å². The molecule has 0 radical (unpaired) electrons. The van der Waals surface area contributed by atoms with Crippen LogP contribution in [0, 0.1) is 11.8 Å². The van der Waals surface area contributed by atoms with E-state index in [9.17, 15) is 24.0 Å². The lowest BCUT2D eigenvalue weighted by molar-refractivity contribution is -0.153. The van der Waals surface area contributed by atoms with Crippen LogP contribution in [0.5, 0.6) is 11.5 Å². The Morgan fingerprint density at radius 3 is 1.33 bits per heavy atom. The summed E-state index contributed by atoms with van der Waals surface area (Å²) in [5.41, 5.74) is 4.95. The van der Waals surface area contributed by atoms with E-state index in [1.807, 2.05) is 0 Å². The summed E-state index contributed by atoms with van der Waals surface area (Å²) in [6, 6.07) is 21.2. The fourth-order valence-electron chi connectivity index (χ4n) is 7.47. The smallest absolute Gasteiger partial charge is 0.314 e. The van der Waals surface area contributed by atoms with Crippen LogP contribution < -0.4 is 9.47 Å². The Morgan fingerprint density at radius 1 is 0.527 bits per heavy atom. The van der Waals surface area contributed by atoms with Crippen LogP contribution in [-0.4, -0.2) is 41.9 Å². The molecular formula is C46H56O9. The van der Waals surface area contributed by atoms with Gasteiger partial charge in [0, 0.05) is 12.8 Å². The van der Waals surface area contributed by atoms with Crippen LogP contribution in [0.3, 0.4) is 0 Å². The first-order chi connectivity index (χ1) is 26.6. The fourth-order valence-corrected chi connectivity index (χ4v) is 7.47. The van der Waals surface area contributed by atoms with Gasteiger partial charge in [0.15, 0.2) is 5.78 Å². The first-order valence-electron chi connectivity index (χ1n) is 20.2. The standard InChI is InChI=1S/C46H56O9/c1-4-6-32-8-12-34(13-9-32)16-28-43(48)52-38-22-18-36(19-23-38)45(50)54-40-26-27-42(41(30-40)31(3)47)55-46(51)37-20-24-39(25-21-37)53-44(49)29-17-35-14-10-33(7-5-2)11-15-35/h8-15,26-27,30,36-39H,4-7,16-25,28-29H2,1-3H3. The average molecular weight is 753 g/mol. The molecule has 2 aliphatic rings. The number of hydrogen-bond acceptors (Lipinski definition) is 9. The minimum absolute atomic E-state index is 0.115. The molecule has 3 aromatic rings. The lowest BCUT2D eigenvalue weighted by Gasteiger charge is -2.27. The molecule has 55 heavy (non-hydrogen) atoms. The lowest BCUT2D eigenvalue weighted by Crippen LogP contribution is -2.30. The van der Waals surface area contributed by atoms with E-state index in [0.717, 1.165) is 36.8 Å². The molecular weight excluding hydrogens is 696 g/mol. The Bertz CT molecular complexity index is 1740. The van der Waals surface area contributed by atoms with Crippen LogP contribution in [0.1, 0.15) is 130 Å². The van der Waals surface area contributed by atoms with Crippen LogP contribution >= 0.6 is 0 Å². The topological polar surface area (TPSA) is 122 Å². The second-order valence-corrected chi connectivity index (χ2v) is 15.1. The number of carbonyl (C=O) groups is 5. The van der Waals surface area contributed by atoms with Crippen molar-refractivity contribution in [2.45, 2.75) is 136 Å². The molecule has 9 nitrogen and oxygen atoms in total. The molecule has 0 heterocycles. The van der Waals surface area contributed by atoms with E-state index in [1.54, 1.807) is 0 Å². The molecule has 0 saturated heterocycles.